The van der Waals surface area contributed by atoms with Crippen molar-refractivity contribution in [2.45, 2.75) is 386 Å². The Morgan fingerprint density at radius 1 is 0.368 bits per heavy atom. The van der Waals surface area contributed by atoms with Crippen LogP contribution >= 0.6 is 0 Å². The fourth-order valence-corrected chi connectivity index (χ4v) is 10.7. The van der Waals surface area contributed by atoms with Crippen LogP contribution < -0.4 is 5.32 Å². The van der Waals surface area contributed by atoms with Crippen molar-refractivity contribution >= 4 is 11.9 Å². The number of allylic oxidation sites excluding steroid dienone is 5. The Hall–Kier alpha value is -1.92. The largest absolute Gasteiger partial charge is 0.466 e. The monoisotopic (exact) mass is 1070 g/mol. The van der Waals surface area contributed by atoms with Gasteiger partial charge in [-0.3, -0.25) is 9.59 Å². The molecule has 2 atom stereocenters. The van der Waals surface area contributed by atoms with Gasteiger partial charge in [0.15, 0.2) is 0 Å². The molecule has 0 radical (unpaired) electrons. The van der Waals surface area contributed by atoms with Crippen molar-refractivity contribution in [1.82, 2.24) is 5.32 Å². The number of esters is 1. The Bertz CT molecular complexity index is 1230. The van der Waals surface area contributed by atoms with E-state index in [1.807, 2.05) is 6.08 Å². The maximum Gasteiger partial charge on any atom is 0.305 e. The molecule has 0 aliphatic heterocycles. The Kier molecular flexibility index (Phi) is 63.9. The maximum absolute atomic E-state index is 12.5. The summed E-state index contributed by atoms with van der Waals surface area (Å²) in [5.41, 5.74) is 0. The van der Waals surface area contributed by atoms with Crippen LogP contribution in [0.4, 0.5) is 0 Å². The molecule has 3 N–H and O–H groups in total. The highest BCUT2D eigenvalue weighted by atomic mass is 16.5. The summed E-state index contributed by atoms with van der Waals surface area (Å²) in [6, 6.07) is -0.628. The normalized spacial score (nSPS) is 12.7. The van der Waals surface area contributed by atoms with Crippen LogP contribution in [0.2, 0.25) is 0 Å². The zero-order chi connectivity index (χ0) is 55.0. The first-order valence-corrected chi connectivity index (χ1v) is 34.3. The number of unbranched alkanes of at least 4 members (excludes halogenated alkanes) is 49. The van der Waals surface area contributed by atoms with Gasteiger partial charge >= 0.3 is 5.97 Å². The van der Waals surface area contributed by atoms with Crippen LogP contribution in [0.3, 0.4) is 0 Å². The maximum atomic E-state index is 12.5. The van der Waals surface area contributed by atoms with Crippen LogP contribution in [0.5, 0.6) is 0 Å². The minimum absolute atomic E-state index is 0.0159. The molecule has 0 rings (SSSR count). The van der Waals surface area contributed by atoms with E-state index in [9.17, 15) is 19.8 Å². The summed E-state index contributed by atoms with van der Waals surface area (Å²) in [6.07, 6.45) is 83.6. The van der Waals surface area contributed by atoms with E-state index in [0.717, 1.165) is 44.9 Å². The SMILES string of the molecule is CCCCCCCCCCCCC/C=C/C(O)C(CO)NC(=O)CCCCCCCCCCCCCCC/C=C\C/C=C\CCCCCCCCCCCOC(=O)CCCCCCCCCCCCCCCCCCC. The predicted molar refractivity (Wildman–Crippen MR) is 333 cm³/mol. The number of hydrogen-bond acceptors (Lipinski definition) is 5. The van der Waals surface area contributed by atoms with Crippen molar-refractivity contribution in [2.24, 2.45) is 0 Å². The molecule has 0 saturated heterocycles. The molecular weight excluding hydrogens is 935 g/mol. The van der Waals surface area contributed by atoms with E-state index >= 15 is 0 Å². The molecule has 0 aliphatic carbocycles. The molecule has 448 valence electrons. The van der Waals surface area contributed by atoms with Gasteiger partial charge in [0.25, 0.3) is 0 Å². The third-order valence-corrected chi connectivity index (χ3v) is 15.9. The molecule has 6 nitrogen and oxygen atoms in total. The number of amides is 1. The van der Waals surface area contributed by atoms with E-state index < -0.39 is 12.1 Å². The molecule has 76 heavy (non-hydrogen) atoms. The van der Waals surface area contributed by atoms with Gasteiger partial charge in [0, 0.05) is 12.8 Å². The van der Waals surface area contributed by atoms with Gasteiger partial charge in [-0.2, -0.15) is 0 Å². The van der Waals surface area contributed by atoms with Crippen LogP contribution in [0.15, 0.2) is 36.5 Å². The summed E-state index contributed by atoms with van der Waals surface area (Å²) in [5.74, 6) is -0.0522. The van der Waals surface area contributed by atoms with E-state index in [4.69, 9.17) is 4.74 Å². The molecular formula is C70H133NO5. The van der Waals surface area contributed by atoms with Crippen molar-refractivity contribution in [3.05, 3.63) is 36.5 Å². The van der Waals surface area contributed by atoms with Crippen LogP contribution in [0.25, 0.3) is 0 Å². The molecule has 0 aromatic heterocycles. The third kappa shape index (κ3) is 61.3. The van der Waals surface area contributed by atoms with E-state index in [2.05, 4.69) is 43.5 Å². The van der Waals surface area contributed by atoms with Crippen molar-refractivity contribution in [3.63, 3.8) is 0 Å². The third-order valence-electron chi connectivity index (χ3n) is 15.9. The number of nitrogens with one attached hydrogen (secondary N) is 1. The second-order valence-corrected chi connectivity index (χ2v) is 23.5. The summed E-state index contributed by atoms with van der Waals surface area (Å²) >= 11 is 0. The minimum Gasteiger partial charge on any atom is -0.466 e. The molecule has 0 heterocycles. The van der Waals surface area contributed by atoms with E-state index in [1.54, 1.807) is 6.08 Å². The Morgan fingerprint density at radius 3 is 1.00 bits per heavy atom. The molecule has 1 amide bonds. The fraction of sp³-hybridized carbons (Fsp3) is 0.886. The van der Waals surface area contributed by atoms with Crippen LogP contribution in [-0.4, -0.2) is 47.4 Å². The second kappa shape index (κ2) is 65.6. The quantitative estimate of drug-likeness (QED) is 0.0320. The van der Waals surface area contributed by atoms with Gasteiger partial charge in [0.1, 0.15) is 0 Å². The van der Waals surface area contributed by atoms with Gasteiger partial charge in [0.2, 0.25) is 5.91 Å². The van der Waals surface area contributed by atoms with Crippen molar-refractivity contribution < 1.29 is 24.5 Å². The summed E-state index contributed by atoms with van der Waals surface area (Å²) in [4.78, 5) is 24.5. The second-order valence-electron chi connectivity index (χ2n) is 23.5. The van der Waals surface area contributed by atoms with E-state index in [-0.39, 0.29) is 18.5 Å². The molecule has 0 bridgehead atoms. The van der Waals surface area contributed by atoms with Gasteiger partial charge < -0.3 is 20.3 Å². The van der Waals surface area contributed by atoms with Crippen LogP contribution in [0, 0.1) is 0 Å². The predicted octanol–water partition coefficient (Wildman–Crippen LogP) is 21.9. The summed E-state index contributed by atoms with van der Waals surface area (Å²) in [5, 5.41) is 23.1. The molecule has 0 aliphatic rings. The average molecular weight is 1070 g/mol. The lowest BCUT2D eigenvalue weighted by Crippen LogP contribution is -2.45. The lowest BCUT2D eigenvalue weighted by molar-refractivity contribution is -0.143. The Labute approximate surface area is 474 Å². The number of aliphatic hydroxyl groups excluding tert-OH is 2. The first-order chi connectivity index (χ1) is 37.5. The topological polar surface area (TPSA) is 95.9 Å². The van der Waals surface area contributed by atoms with Crippen LogP contribution in [-0.2, 0) is 14.3 Å². The molecule has 0 fully saturated rings. The first kappa shape index (κ1) is 74.1. The molecule has 6 heteroatoms. The smallest absolute Gasteiger partial charge is 0.305 e. The first-order valence-electron chi connectivity index (χ1n) is 34.3. The van der Waals surface area contributed by atoms with Gasteiger partial charge in [-0.15, -0.1) is 0 Å². The number of ether oxygens (including phenoxy) is 1. The zero-order valence-corrected chi connectivity index (χ0v) is 51.3. The fourth-order valence-electron chi connectivity index (χ4n) is 10.7. The number of carbonyl (C=O) groups excluding carboxylic acids is 2. The average Bonchev–Trinajstić information content (AvgIpc) is 3.42. The molecule has 0 aromatic rings. The Balaban J connectivity index is 3.39. The highest BCUT2D eigenvalue weighted by molar-refractivity contribution is 5.76. The highest BCUT2D eigenvalue weighted by Crippen LogP contribution is 2.18. The van der Waals surface area contributed by atoms with Gasteiger partial charge in [-0.05, 0) is 64.2 Å². The Morgan fingerprint density at radius 2 is 0.658 bits per heavy atom. The number of carbonyl (C=O) groups is 2. The van der Waals surface area contributed by atoms with Gasteiger partial charge in [-0.25, -0.2) is 0 Å². The van der Waals surface area contributed by atoms with Gasteiger partial charge in [-0.1, -0.05) is 333 Å². The lowest BCUT2D eigenvalue weighted by atomic mass is 10.0. The summed E-state index contributed by atoms with van der Waals surface area (Å²) < 4.78 is 5.50. The van der Waals surface area contributed by atoms with Gasteiger partial charge in [0.05, 0.1) is 25.4 Å². The van der Waals surface area contributed by atoms with E-state index in [0.29, 0.717) is 19.4 Å². The number of rotatable bonds is 64. The number of aliphatic hydroxyl groups is 2. The number of hydrogen-bond donors (Lipinski definition) is 3. The summed E-state index contributed by atoms with van der Waals surface area (Å²) in [7, 11) is 0. The van der Waals surface area contributed by atoms with Crippen molar-refractivity contribution in [2.75, 3.05) is 13.2 Å². The standard InChI is InChI=1S/C70H133NO5/c1-3-5-7-9-11-13-15-17-18-32-36-40-44-48-52-56-60-64-70(75)76-65-61-57-53-49-45-41-37-34-31-29-27-25-23-21-19-20-22-24-26-28-30-33-35-39-43-47-51-55-59-63-69(74)71-67(66-72)68(73)62-58-54-50-46-42-38-16-14-12-10-8-6-4-2/h19,21,25,27,58,62,67-68,72-73H,3-18,20,22-24,26,28-57,59-61,63-66H2,1-2H3,(H,71,74)/b21-19-,27-25-,62-58+. The molecule has 2 unspecified atom stereocenters. The highest BCUT2D eigenvalue weighted by Gasteiger charge is 2.18. The van der Waals surface area contributed by atoms with Crippen molar-refractivity contribution in [3.8, 4) is 0 Å². The van der Waals surface area contributed by atoms with E-state index in [1.165, 1.54) is 302 Å². The molecule has 0 aromatic carbocycles. The lowest BCUT2D eigenvalue weighted by Gasteiger charge is -2.20. The zero-order valence-electron chi connectivity index (χ0n) is 51.3. The molecule has 0 spiro atoms. The minimum atomic E-state index is -0.844. The summed E-state index contributed by atoms with van der Waals surface area (Å²) in [6.45, 7) is 4.92. The van der Waals surface area contributed by atoms with Crippen molar-refractivity contribution in [1.29, 1.82) is 0 Å². The van der Waals surface area contributed by atoms with Crippen LogP contribution in [0.1, 0.15) is 373 Å². The molecule has 0 saturated carbocycles.